The Balaban J connectivity index is 3.98. The molecule has 2 nitrogen and oxygen atoms in total. The quantitative estimate of drug-likeness (QED) is 0.612. The van der Waals surface area contributed by atoms with E-state index in [-0.39, 0.29) is 12.6 Å². The van der Waals surface area contributed by atoms with Gasteiger partial charge < -0.3 is 5.11 Å². The Bertz CT molecular complexity index is 94.1. The lowest BCUT2D eigenvalue weighted by atomic mass is 10.2. The summed E-state index contributed by atoms with van der Waals surface area (Å²) in [5, 5.41) is 8.99. The topological polar surface area (TPSA) is 23.5 Å². The monoisotopic (exact) mass is 177 g/mol. The maximum atomic E-state index is 8.99. The van der Waals surface area contributed by atoms with Crippen LogP contribution in [0.2, 0.25) is 0 Å². The van der Waals surface area contributed by atoms with Gasteiger partial charge in [-0.1, -0.05) is 6.92 Å². The van der Waals surface area contributed by atoms with E-state index in [1.54, 1.807) is 0 Å². The zero-order valence-electron chi connectivity index (χ0n) is 7.62. The molecule has 1 unspecified atom stereocenters. The first-order valence-corrected chi connectivity index (χ1v) is 4.78. The highest BCUT2D eigenvalue weighted by Gasteiger charge is 2.16. The van der Waals surface area contributed by atoms with Gasteiger partial charge in [0.05, 0.1) is 6.61 Å². The molecule has 11 heavy (non-hydrogen) atoms. The minimum Gasteiger partial charge on any atom is -0.395 e. The SMILES string of the molecule is CCN(C(C)C)C(CO)CS. The zero-order chi connectivity index (χ0) is 8.85. The van der Waals surface area contributed by atoms with E-state index in [9.17, 15) is 0 Å². The van der Waals surface area contributed by atoms with Crippen molar-refractivity contribution in [3.8, 4) is 0 Å². The van der Waals surface area contributed by atoms with E-state index in [4.69, 9.17) is 5.11 Å². The summed E-state index contributed by atoms with van der Waals surface area (Å²) in [5.41, 5.74) is 0. The summed E-state index contributed by atoms with van der Waals surface area (Å²) in [7, 11) is 0. The molecule has 0 saturated carbocycles. The number of thiol groups is 1. The lowest BCUT2D eigenvalue weighted by Gasteiger charge is -2.31. The van der Waals surface area contributed by atoms with Gasteiger partial charge in [0.25, 0.3) is 0 Å². The Morgan fingerprint density at radius 3 is 2.09 bits per heavy atom. The van der Waals surface area contributed by atoms with E-state index < -0.39 is 0 Å². The third-order valence-electron chi connectivity index (χ3n) is 1.92. The van der Waals surface area contributed by atoms with Crippen molar-refractivity contribution in [2.75, 3.05) is 18.9 Å². The average Bonchev–Trinajstić information content (AvgIpc) is 1.99. The molecule has 0 rings (SSSR count). The first-order chi connectivity index (χ1) is 5.17. The second kappa shape index (κ2) is 5.86. The van der Waals surface area contributed by atoms with Crippen LogP contribution >= 0.6 is 12.6 Å². The fraction of sp³-hybridized carbons (Fsp3) is 1.00. The highest BCUT2D eigenvalue weighted by Crippen LogP contribution is 2.05. The van der Waals surface area contributed by atoms with Crippen LogP contribution in [0.25, 0.3) is 0 Å². The van der Waals surface area contributed by atoms with E-state index in [1.807, 2.05) is 0 Å². The molecule has 0 aromatic carbocycles. The largest absolute Gasteiger partial charge is 0.395 e. The fourth-order valence-corrected chi connectivity index (χ4v) is 1.64. The van der Waals surface area contributed by atoms with Crippen molar-refractivity contribution in [1.29, 1.82) is 0 Å². The third-order valence-corrected chi connectivity index (χ3v) is 2.34. The first-order valence-electron chi connectivity index (χ1n) is 4.14. The number of aliphatic hydroxyl groups excluding tert-OH is 1. The molecule has 0 bridgehead atoms. The number of hydrogen-bond donors (Lipinski definition) is 2. The van der Waals surface area contributed by atoms with Crippen LogP contribution in [0.4, 0.5) is 0 Å². The summed E-state index contributed by atoms with van der Waals surface area (Å²) in [5.74, 6) is 0.725. The smallest absolute Gasteiger partial charge is 0.0594 e. The van der Waals surface area contributed by atoms with Crippen molar-refractivity contribution >= 4 is 12.6 Å². The van der Waals surface area contributed by atoms with Crippen LogP contribution in [-0.2, 0) is 0 Å². The Hall–Kier alpha value is 0.270. The van der Waals surface area contributed by atoms with E-state index >= 15 is 0 Å². The summed E-state index contributed by atoms with van der Waals surface area (Å²) >= 11 is 4.18. The third kappa shape index (κ3) is 3.45. The van der Waals surface area contributed by atoms with Gasteiger partial charge in [0, 0.05) is 17.8 Å². The van der Waals surface area contributed by atoms with Gasteiger partial charge in [-0.15, -0.1) is 0 Å². The van der Waals surface area contributed by atoms with Gasteiger partial charge >= 0.3 is 0 Å². The van der Waals surface area contributed by atoms with Crippen molar-refractivity contribution in [2.24, 2.45) is 0 Å². The van der Waals surface area contributed by atoms with Crippen molar-refractivity contribution in [1.82, 2.24) is 4.90 Å². The predicted molar refractivity (Wildman–Crippen MR) is 52.2 cm³/mol. The molecule has 1 atom stereocenters. The van der Waals surface area contributed by atoms with Crippen LogP contribution in [0, 0.1) is 0 Å². The van der Waals surface area contributed by atoms with Crippen molar-refractivity contribution in [3.63, 3.8) is 0 Å². The van der Waals surface area contributed by atoms with Gasteiger partial charge in [0.1, 0.15) is 0 Å². The Kier molecular flexibility index (Phi) is 6.01. The maximum Gasteiger partial charge on any atom is 0.0594 e. The second-order valence-corrected chi connectivity index (χ2v) is 3.31. The molecule has 0 amide bonds. The highest BCUT2D eigenvalue weighted by molar-refractivity contribution is 7.80. The maximum absolute atomic E-state index is 8.99. The minimum absolute atomic E-state index is 0.204. The molecule has 0 aromatic heterocycles. The van der Waals surface area contributed by atoms with Crippen LogP contribution in [-0.4, -0.2) is 41.0 Å². The molecule has 0 aliphatic heterocycles. The van der Waals surface area contributed by atoms with Gasteiger partial charge in [-0.25, -0.2) is 0 Å². The molecule has 0 saturated heterocycles. The Morgan fingerprint density at radius 2 is 2.00 bits per heavy atom. The number of nitrogens with zero attached hydrogens (tertiary/aromatic N) is 1. The summed E-state index contributed by atoms with van der Waals surface area (Å²) in [6, 6.07) is 0.702. The van der Waals surface area contributed by atoms with Crippen molar-refractivity contribution in [2.45, 2.75) is 32.9 Å². The Labute approximate surface area is 75.0 Å². The van der Waals surface area contributed by atoms with Gasteiger partial charge in [0.2, 0.25) is 0 Å². The molecule has 1 N–H and O–H groups in total. The second-order valence-electron chi connectivity index (χ2n) is 2.94. The normalized spacial score (nSPS) is 14.5. The van der Waals surface area contributed by atoms with Crippen LogP contribution in [0.15, 0.2) is 0 Å². The van der Waals surface area contributed by atoms with Gasteiger partial charge in [-0.2, -0.15) is 12.6 Å². The molecule has 0 radical (unpaired) electrons. The summed E-state index contributed by atoms with van der Waals surface area (Å²) in [6.45, 7) is 7.55. The molecular formula is C8H19NOS. The van der Waals surface area contributed by atoms with Crippen LogP contribution in [0.3, 0.4) is 0 Å². The van der Waals surface area contributed by atoms with Gasteiger partial charge in [-0.05, 0) is 20.4 Å². The molecule has 0 aromatic rings. The molecule has 68 valence electrons. The van der Waals surface area contributed by atoms with Crippen molar-refractivity contribution < 1.29 is 5.11 Å². The lowest BCUT2D eigenvalue weighted by Crippen LogP contribution is -2.43. The zero-order valence-corrected chi connectivity index (χ0v) is 8.51. The number of rotatable bonds is 5. The van der Waals surface area contributed by atoms with Crippen molar-refractivity contribution in [3.05, 3.63) is 0 Å². The number of aliphatic hydroxyl groups is 1. The minimum atomic E-state index is 0.204. The van der Waals surface area contributed by atoms with Crippen LogP contribution < -0.4 is 0 Å². The van der Waals surface area contributed by atoms with E-state index in [0.717, 1.165) is 12.3 Å². The van der Waals surface area contributed by atoms with Crippen LogP contribution in [0.1, 0.15) is 20.8 Å². The van der Waals surface area contributed by atoms with Gasteiger partial charge in [0.15, 0.2) is 0 Å². The number of hydrogen-bond acceptors (Lipinski definition) is 3. The number of likely N-dealkylation sites (N-methyl/N-ethyl adjacent to an activating group) is 1. The van der Waals surface area contributed by atoms with E-state index in [1.165, 1.54) is 0 Å². The molecule has 0 spiro atoms. The molecule has 3 heteroatoms. The standard InChI is InChI=1S/C8H19NOS/c1-4-9(7(2)3)8(5-10)6-11/h7-8,10-11H,4-6H2,1-3H3. The molecule has 0 aliphatic rings. The van der Waals surface area contributed by atoms with E-state index in [0.29, 0.717) is 6.04 Å². The Morgan fingerprint density at radius 1 is 1.45 bits per heavy atom. The van der Waals surface area contributed by atoms with Gasteiger partial charge in [-0.3, -0.25) is 4.90 Å². The summed E-state index contributed by atoms with van der Waals surface area (Å²) in [6.07, 6.45) is 0. The first kappa shape index (κ1) is 11.3. The summed E-state index contributed by atoms with van der Waals surface area (Å²) in [4.78, 5) is 2.24. The molecule has 0 heterocycles. The predicted octanol–water partition coefficient (Wildman–Crippen LogP) is 1.01. The average molecular weight is 177 g/mol. The molecule has 0 aliphatic carbocycles. The van der Waals surface area contributed by atoms with Crippen LogP contribution in [0.5, 0.6) is 0 Å². The fourth-order valence-electron chi connectivity index (χ4n) is 1.31. The van der Waals surface area contributed by atoms with E-state index in [2.05, 4.69) is 38.3 Å². The highest BCUT2D eigenvalue weighted by atomic mass is 32.1. The molecular weight excluding hydrogens is 158 g/mol. The summed E-state index contributed by atoms with van der Waals surface area (Å²) < 4.78 is 0. The molecule has 0 fully saturated rings. The lowest BCUT2D eigenvalue weighted by molar-refractivity contribution is 0.115.